The second-order valence-corrected chi connectivity index (χ2v) is 12.8. The first-order valence-electron chi connectivity index (χ1n) is 14.9. The first-order chi connectivity index (χ1) is 20.0. The number of nitrogens with zero attached hydrogens (tertiary/aromatic N) is 2. The number of likely N-dealkylation sites (N-methyl/N-ethyl adjacent to an activating group) is 1. The third-order valence-electron chi connectivity index (χ3n) is 10.8. The molecule has 0 aromatic heterocycles. The Labute approximate surface area is 243 Å². The number of carbonyl (C=O) groups is 1. The number of phenolic OH excluding ortho intramolecular Hbond substituents is 1. The van der Waals surface area contributed by atoms with E-state index in [1.807, 2.05) is 6.07 Å². The van der Waals surface area contributed by atoms with Crippen molar-refractivity contribution in [1.29, 1.82) is 0 Å². The molecule has 1 amide bonds. The summed E-state index contributed by atoms with van der Waals surface area (Å²) in [4.78, 5) is 17.5. The predicted molar refractivity (Wildman–Crippen MR) is 149 cm³/mol. The Bertz CT molecular complexity index is 1490. The molecule has 7 rings (SSSR count). The predicted octanol–water partition coefficient (Wildman–Crippen LogP) is 4.49. The number of amides is 1. The van der Waals surface area contributed by atoms with Gasteiger partial charge in [-0.1, -0.05) is 25.3 Å². The SMILES string of the molecule is CC[C@H]1C[C@H](N(C)C(=O)C#Cc2ccc(C(F)(F)F)cc2)[C@H]2Oc3c(O)ccc4c3[C@@]23CCN(CC2CC2)[C@H](C4)[C@]13O. The van der Waals surface area contributed by atoms with Gasteiger partial charge in [-0.25, -0.2) is 0 Å². The van der Waals surface area contributed by atoms with Crippen LogP contribution >= 0.6 is 0 Å². The first-order valence-corrected chi connectivity index (χ1v) is 14.9. The minimum atomic E-state index is -4.44. The molecule has 42 heavy (non-hydrogen) atoms. The Morgan fingerprint density at radius 3 is 2.60 bits per heavy atom. The number of hydrogen-bond acceptors (Lipinski definition) is 5. The molecule has 2 N–H and O–H groups in total. The Balaban J connectivity index is 1.25. The van der Waals surface area contributed by atoms with Crippen LogP contribution in [0.5, 0.6) is 11.5 Å². The maximum Gasteiger partial charge on any atom is 0.416 e. The standard InChI is InChI=1S/C33H35F3N2O4/c1-3-22-17-24(37(2)27(40)13-8-19-6-10-23(11-7-19)33(34,35)36)30-31-14-15-38(18-20-4-5-20)26(32(22,31)41)16-21-9-12-25(39)29(42-30)28(21)31/h6-7,9-12,20,22,24,26,30,39,41H,3-5,14-18H2,1-2H3/t22-,24-,26+,30+,31-,32+/m0/s1. The summed E-state index contributed by atoms with van der Waals surface area (Å²) in [5.74, 6) is 5.88. The summed E-state index contributed by atoms with van der Waals surface area (Å²) in [6, 6.07) is 7.56. The van der Waals surface area contributed by atoms with Crippen LogP contribution in [0.2, 0.25) is 0 Å². The van der Waals surface area contributed by atoms with E-state index in [0.29, 0.717) is 36.5 Å². The van der Waals surface area contributed by atoms with Crippen LogP contribution in [0.3, 0.4) is 0 Å². The molecule has 3 aliphatic carbocycles. The maximum absolute atomic E-state index is 13.5. The van der Waals surface area contributed by atoms with Crippen molar-refractivity contribution in [1.82, 2.24) is 9.80 Å². The molecule has 2 aromatic rings. The topological polar surface area (TPSA) is 73.2 Å². The number of rotatable bonds is 4. The molecule has 0 radical (unpaired) electrons. The summed E-state index contributed by atoms with van der Waals surface area (Å²) in [5.41, 5.74) is -0.337. The van der Waals surface area contributed by atoms with E-state index in [-0.39, 0.29) is 17.7 Å². The Morgan fingerprint density at radius 1 is 1.19 bits per heavy atom. The molecular formula is C33H35F3N2O4. The number of aromatic hydroxyl groups is 1. The molecule has 0 unspecified atom stereocenters. The van der Waals surface area contributed by atoms with Gasteiger partial charge in [-0.05, 0) is 86.4 Å². The number of piperidine rings is 1. The monoisotopic (exact) mass is 580 g/mol. The second kappa shape index (κ2) is 9.39. The van der Waals surface area contributed by atoms with Gasteiger partial charge >= 0.3 is 6.18 Å². The minimum Gasteiger partial charge on any atom is -0.504 e. The van der Waals surface area contributed by atoms with E-state index in [4.69, 9.17) is 4.74 Å². The van der Waals surface area contributed by atoms with E-state index in [0.717, 1.165) is 42.8 Å². The summed E-state index contributed by atoms with van der Waals surface area (Å²) in [7, 11) is 1.68. The fraction of sp³-hybridized carbons (Fsp3) is 0.545. The summed E-state index contributed by atoms with van der Waals surface area (Å²) >= 11 is 0. The normalized spacial score (nSPS) is 32.8. The van der Waals surface area contributed by atoms with Gasteiger partial charge in [-0.2, -0.15) is 13.2 Å². The van der Waals surface area contributed by atoms with Crippen molar-refractivity contribution in [2.75, 3.05) is 20.1 Å². The van der Waals surface area contributed by atoms with Gasteiger partial charge in [0.25, 0.3) is 5.91 Å². The highest BCUT2D eigenvalue weighted by Gasteiger charge is 2.75. The zero-order valence-corrected chi connectivity index (χ0v) is 23.7. The molecule has 2 aliphatic heterocycles. The Morgan fingerprint density at radius 2 is 1.93 bits per heavy atom. The number of aliphatic hydroxyl groups is 1. The maximum atomic E-state index is 13.5. The number of benzene rings is 2. The van der Waals surface area contributed by atoms with Crippen LogP contribution in [0.15, 0.2) is 36.4 Å². The molecule has 1 saturated heterocycles. The molecule has 222 valence electrons. The summed E-state index contributed by atoms with van der Waals surface area (Å²) in [6.07, 6.45) is 0.0317. The first kappa shape index (κ1) is 27.6. The highest BCUT2D eigenvalue weighted by molar-refractivity contribution is 5.94. The van der Waals surface area contributed by atoms with Crippen molar-refractivity contribution in [3.63, 3.8) is 0 Å². The van der Waals surface area contributed by atoms with E-state index in [2.05, 4.69) is 23.7 Å². The number of hydrogen-bond donors (Lipinski definition) is 2. The van der Waals surface area contributed by atoms with Gasteiger partial charge in [0, 0.05) is 36.7 Å². The molecule has 2 heterocycles. The van der Waals surface area contributed by atoms with Crippen molar-refractivity contribution in [2.24, 2.45) is 11.8 Å². The number of phenols is 1. The van der Waals surface area contributed by atoms with E-state index in [1.165, 1.54) is 25.0 Å². The van der Waals surface area contributed by atoms with Gasteiger partial charge in [0.05, 0.1) is 22.6 Å². The largest absolute Gasteiger partial charge is 0.504 e. The lowest BCUT2D eigenvalue weighted by Gasteiger charge is -2.67. The van der Waals surface area contributed by atoms with Gasteiger partial charge in [-0.3, -0.25) is 9.69 Å². The van der Waals surface area contributed by atoms with Crippen molar-refractivity contribution in [3.8, 4) is 23.3 Å². The number of likely N-dealkylation sites (tertiary alicyclic amines) is 1. The lowest BCUT2D eigenvalue weighted by Crippen LogP contribution is -2.81. The molecule has 2 saturated carbocycles. The zero-order valence-electron chi connectivity index (χ0n) is 23.7. The molecule has 2 aromatic carbocycles. The highest BCUT2D eigenvalue weighted by atomic mass is 19.4. The van der Waals surface area contributed by atoms with Gasteiger partial charge in [0.15, 0.2) is 11.5 Å². The third kappa shape index (κ3) is 3.84. The third-order valence-corrected chi connectivity index (χ3v) is 10.8. The minimum absolute atomic E-state index is 0.0432. The average molecular weight is 581 g/mol. The van der Waals surface area contributed by atoms with Crippen molar-refractivity contribution < 1.29 is 32.9 Å². The molecule has 6 atom stereocenters. The van der Waals surface area contributed by atoms with Crippen LogP contribution in [0.1, 0.15) is 61.3 Å². The Hall–Kier alpha value is -3.22. The van der Waals surface area contributed by atoms with Crippen LogP contribution in [-0.2, 0) is 22.8 Å². The fourth-order valence-corrected chi connectivity index (χ4v) is 8.64. The number of ether oxygens (including phenoxy) is 1. The number of alkyl halides is 3. The van der Waals surface area contributed by atoms with Crippen LogP contribution in [-0.4, -0.2) is 69.8 Å². The van der Waals surface area contributed by atoms with Gasteiger partial charge in [-0.15, -0.1) is 0 Å². The molecule has 1 spiro atoms. The smallest absolute Gasteiger partial charge is 0.416 e. The van der Waals surface area contributed by atoms with Gasteiger partial charge in [0.2, 0.25) is 0 Å². The van der Waals surface area contributed by atoms with Gasteiger partial charge in [0.1, 0.15) is 6.10 Å². The lowest BCUT2D eigenvalue weighted by atomic mass is 9.45. The number of halogens is 3. The Kier molecular flexibility index (Phi) is 6.17. The average Bonchev–Trinajstić information content (AvgIpc) is 3.71. The van der Waals surface area contributed by atoms with Gasteiger partial charge < -0.3 is 19.8 Å². The summed E-state index contributed by atoms with van der Waals surface area (Å²) in [5, 5.41) is 23.9. The van der Waals surface area contributed by atoms with Crippen molar-refractivity contribution in [2.45, 2.75) is 80.8 Å². The number of carbonyl (C=O) groups excluding carboxylic acids is 1. The van der Waals surface area contributed by atoms with E-state index >= 15 is 0 Å². The summed E-state index contributed by atoms with van der Waals surface area (Å²) < 4.78 is 45.4. The van der Waals surface area contributed by atoms with Crippen molar-refractivity contribution >= 4 is 5.91 Å². The fourth-order valence-electron chi connectivity index (χ4n) is 8.64. The van der Waals surface area contributed by atoms with E-state index in [1.54, 1.807) is 18.0 Å². The van der Waals surface area contributed by atoms with Crippen molar-refractivity contribution in [3.05, 3.63) is 58.7 Å². The lowest BCUT2D eigenvalue weighted by molar-refractivity contribution is -0.228. The molecule has 6 nitrogen and oxygen atoms in total. The molecule has 2 bridgehead atoms. The molecular weight excluding hydrogens is 545 g/mol. The highest BCUT2D eigenvalue weighted by Crippen LogP contribution is 2.67. The van der Waals surface area contributed by atoms with Crippen LogP contribution < -0.4 is 4.74 Å². The molecule has 9 heteroatoms. The second-order valence-electron chi connectivity index (χ2n) is 12.8. The van der Waals surface area contributed by atoms with E-state index in [9.17, 15) is 28.2 Å². The van der Waals surface area contributed by atoms with Crippen LogP contribution in [0.4, 0.5) is 13.2 Å². The quantitative estimate of drug-likeness (QED) is 0.522. The van der Waals surface area contributed by atoms with Crippen LogP contribution in [0.25, 0.3) is 0 Å². The summed E-state index contributed by atoms with van der Waals surface area (Å²) in [6.45, 7) is 3.87. The van der Waals surface area contributed by atoms with E-state index < -0.39 is 40.8 Å². The molecule has 5 aliphatic rings. The molecule has 3 fully saturated rings. The van der Waals surface area contributed by atoms with Crippen LogP contribution in [0, 0.1) is 23.7 Å². The zero-order chi connectivity index (χ0) is 29.6.